The van der Waals surface area contributed by atoms with Gasteiger partial charge in [0.25, 0.3) is 6.29 Å². The van der Waals surface area contributed by atoms with E-state index in [1.54, 1.807) is 0 Å². The molecule has 28 heavy (non-hydrogen) atoms. The summed E-state index contributed by atoms with van der Waals surface area (Å²) < 4.78 is 6.48. The lowest BCUT2D eigenvalue weighted by atomic mass is 9.99. The van der Waals surface area contributed by atoms with E-state index in [0.717, 1.165) is 11.2 Å². The van der Waals surface area contributed by atoms with Crippen LogP contribution >= 0.6 is 0 Å². The van der Waals surface area contributed by atoms with Gasteiger partial charge in [-0.2, -0.15) is 0 Å². The van der Waals surface area contributed by atoms with E-state index < -0.39 is 37.3 Å². The van der Waals surface area contributed by atoms with Crippen molar-refractivity contribution in [3.8, 4) is 0 Å². The fourth-order valence-electron chi connectivity index (χ4n) is 2.82. The van der Waals surface area contributed by atoms with Gasteiger partial charge < -0.3 is 40.4 Å². The fourth-order valence-corrected chi connectivity index (χ4v) is 2.82. The molecule has 2 aromatic heterocycles. The number of aliphatic hydroxyl groups excluding tert-OH is 5. The third-order valence-electron chi connectivity index (χ3n) is 4.61. The van der Waals surface area contributed by atoms with E-state index in [1.165, 1.54) is 12.7 Å². The van der Waals surface area contributed by atoms with Gasteiger partial charge in [-0.15, -0.1) is 4.73 Å². The Hall–Kier alpha value is -2.09. The average molecular weight is 399 g/mol. The molecule has 3 heterocycles. The van der Waals surface area contributed by atoms with Crippen LogP contribution in [0.4, 0.5) is 5.82 Å². The number of nitrogens with one attached hydrogen (secondary N) is 1. The minimum atomic E-state index is -1.55. The quantitative estimate of drug-likeness (QED) is 0.276. The van der Waals surface area contributed by atoms with E-state index in [0.29, 0.717) is 23.5 Å². The van der Waals surface area contributed by atoms with Gasteiger partial charge in [0.1, 0.15) is 37.1 Å². The molecule has 12 heteroatoms. The van der Waals surface area contributed by atoms with Crippen LogP contribution in [0.1, 0.15) is 13.3 Å². The molecule has 3 rings (SSSR count). The van der Waals surface area contributed by atoms with Gasteiger partial charge in [0, 0.05) is 13.2 Å². The number of aromatic nitrogens is 4. The van der Waals surface area contributed by atoms with E-state index in [9.17, 15) is 20.4 Å². The standard InChI is InChI=1S/C16H25N5O7/c1-8(4-22)2-3-17-14-10-15(19-6-18-14)21(7-20-10)28-16-13(26)12(25)11(24)9(5-23)27-16/h6-9,11-13,16,22-26H,2-5H2,1H3,(H,17,18,19)/t8-,9-,11-,12+,13-,16+/m1/s1. The number of anilines is 1. The predicted octanol–water partition coefficient (Wildman–Crippen LogP) is -2.51. The molecular formula is C16H25N5O7. The van der Waals surface area contributed by atoms with Gasteiger partial charge in [0.2, 0.25) is 5.65 Å². The Balaban J connectivity index is 1.74. The van der Waals surface area contributed by atoms with E-state index in [2.05, 4.69) is 20.3 Å². The van der Waals surface area contributed by atoms with Crippen molar-refractivity contribution in [1.29, 1.82) is 0 Å². The smallest absolute Gasteiger partial charge is 0.254 e. The number of rotatable bonds is 8. The Morgan fingerprint density at radius 1 is 1.18 bits per heavy atom. The maximum absolute atomic E-state index is 10.1. The van der Waals surface area contributed by atoms with Crippen LogP contribution in [0, 0.1) is 5.92 Å². The first kappa shape index (κ1) is 20.6. The highest BCUT2D eigenvalue weighted by Crippen LogP contribution is 2.22. The zero-order valence-corrected chi connectivity index (χ0v) is 15.3. The number of nitrogens with zero attached hydrogens (tertiary/aromatic N) is 4. The Morgan fingerprint density at radius 3 is 2.68 bits per heavy atom. The summed E-state index contributed by atoms with van der Waals surface area (Å²) in [7, 11) is 0. The van der Waals surface area contributed by atoms with Crippen molar-refractivity contribution in [2.45, 2.75) is 44.1 Å². The summed E-state index contributed by atoms with van der Waals surface area (Å²) in [5.41, 5.74) is 0.716. The molecule has 2 aromatic rings. The molecule has 1 aliphatic heterocycles. The molecule has 1 aliphatic rings. The summed E-state index contributed by atoms with van der Waals surface area (Å²) >= 11 is 0. The zero-order chi connectivity index (χ0) is 20.3. The van der Waals surface area contributed by atoms with E-state index in [4.69, 9.17) is 14.7 Å². The molecule has 0 amide bonds. The van der Waals surface area contributed by atoms with Gasteiger partial charge in [-0.05, 0) is 12.3 Å². The van der Waals surface area contributed by atoms with Crippen LogP contribution in [0.5, 0.6) is 0 Å². The molecule has 1 saturated heterocycles. The van der Waals surface area contributed by atoms with Crippen molar-refractivity contribution in [2.75, 3.05) is 25.1 Å². The zero-order valence-electron chi connectivity index (χ0n) is 15.3. The van der Waals surface area contributed by atoms with Crippen LogP contribution in [0.2, 0.25) is 0 Å². The van der Waals surface area contributed by atoms with Gasteiger partial charge >= 0.3 is 0 Å². The molecule has 1 fully saturated rings. The Labute approximate surface area is 160 Å². The van der Waals surface area contributed by atoms with Crippen molar-refractivity contribution >= 4 is 17.0 Å². The van der Waals surface area contributed by atoms with Crippen molar-refractivity contribution in [2.24, 2.45) is 5.92 Å². The number of hydrogen-bond donors (Lipinski definition) is 6. The second kappa shape index (κ2) is 8.94. The van der Waals surface area contributed by atoms with Gasteiger partial charge in [-0.1, -0.05) is 6.92 Å². The fraction of sp³-hybridized carbons (Fsp3) is 0.688. The van der Waals surface area contributed by atoms with E-state index >= 15 is 0 Å². The maximum Gasteiger partial charge on any atom is 0.254 e. The molecule has 0 bridgehead atoms. The van der Waals surface area contributed by atoms with Crippen LogP contribution in [-0.4, -0.2) is 95.7 Å². The maximum atomic E-state index is 10.1. The first-order chi connectivity index (χ1) is 13.5. The lowest BCUT2D eigenvalue weighted by molar-refractivity contribution is -0.299. The summed E-state index contributed by atoms with van der Waals surface area (Å²) in [6.45, 7) is 2.05. The third kappa shape index (κ3) is 4.16. The van der Waals surface area contributed by atoms with Crippen molar-refractivity contribution in [1.82, 2.24) is 19.7 Å². The Kier molecular flexibility index (Phi) is 6.59. The number of aliphatic hydroxyl groups is 5. The lowest BCUT2D eigenvalue weighted by Gasteiger charge is -2.39. The average Bonchev–Trinajstić information content (AvgIpc) is 3.12. The van der Waals surface area contributed by atoms with Crippen molar-refractivity contribution in [3.05, 3.63) is 12.7 Å². The van der Waals surface area contributed by atoms with Crippen LogP contribution in [-0.2, 0) is 4.74 Å². The SMILES string of the molecule is C[C@@H](CO)CCNc1ncnc2c1ncn2O[C@@H]1O[C@H](CO)[C@@H](O)[C@H](O)[C@H]1O. The molecule has 0 saturated carbocycles. The van der Waals surface area contributed by atoms with Crippen LogP contribution < -0.4 is 10.2 Å². The molecule has 156 valence electrons. The number of imidazole rings is 1. The normalized spacial score (nSPS) is 29.0. The Bertz CT molecular complexity index is 773. The van der Waals surface area contributed by atoms with Gasteiger partial charge in [0.15, 0.2) is 11.3 Å². The van der Waals surface area contributed by atoms with Crippen LogP contribution in [0.15, 0.2) is 12.7 Å². The molecule has 0 radical (unpaired) electrons. The number of ether oxygens (including phenoxy) is 1. The molecule has 12 nitrogen and oxygen atoms in total. The highest BCUT2D eigenvalue weighted by atomic mass is 16.8. The van der Waals surface area contributed by atoms with E-state index in [1.807, 2.05) is 6.92 Å². The summed E-state index contributed by atoms with van der Waals surface area (Å²) in [5.74, 6) is 0.628. The number of hydrogen-bond acceptors (Lipinski definition) is 11. The minimum Gasteiger partial charge on any atom is -0.396 e. The first-order valence-electron chi connectivity index (χ1n) is 8.96. The van der Waals surface area contributed by atoms with Gasteiger partial charge in [-0.3, -0.25) is 0 Å². The first-order valence-corrected chi connectivity index (χ1v) is 8.96. The van der Waals surface area contributed by atoms with Gasteiger partial charge in [0.05, 0.1) is 6.61 Å². The van der Waals surface area contributed by atoms with Crippen LogP contribution in [0.3, 0.4) is 0 Å². The molecule has 6 N–H and O–H groups in total. The summed E-state index contributed by atoms with van der Waals surface area (Å²) in [5, 5.41) is 51.3. The monoisotopic (exact) mass is 399 g/mol. The highest BCUT2D eigenvalue weighted by molar-refractivity contribution is 5.82. The summed E-state index contributed by atoms with van der Waals surface area (Å²) in [6.07, 6.45) is -3.65. The van der Waals surface area contributed by atoms with Crippen LogP contribution in [0.25, 0.3) is 11.2 Å². The molecule has 0 unspecified atom stereocenters. The van der Waals surface area contributed by atoms with E-state index in [-0.39, 0.29) is 12.5 Å². The summed E-state index contributed by atoms with van der Waals surface area (Å²) in [4.78, 5) is 18.0. The van der Waals surface area contributed by atoms with Crippen molar-refractivity contribution in [3.63, 3.8) is 0 Å². The Morgan fingerprint density at radius 2 is 1.96 bits per heavy atom. The molecule has 0 aromatic carbocycles. The highest BCUT2D eigenvalue weighted by Gasteiger charge is 2.45. The lowest BCUT2D eigenvalue weighted by Crippen LogP contribution is -2.61. The third-order valence-corrected chi connectivity index (χ3v) is 4.61. The van der Waals surface area contributed by atoms with Crippen molar-refractivity contribution < 1.29 is 35.1 Å². The number of fused-ring (bicyclic) bond motifs is 1. The second-order valence-electron chi connectivity index (χ2n) is 6.77. The molecule has 0 aliphatic carbocycles. The second-order valence-corrected chi connectivity index (χ2v) is 6.77. The summed E-state index contributed by atoms with van der Waals surface area (Å²) in [6, 6.07) is 0. The minimum absolute atomic E-state index is 0.0996. The molecular weight excluding hydrogens is 374 g/mol. The van der Waals surface area contributed by atoms with Gasteiger partial charge in [-0.25, -0.2) is 15.0 Å². The topological polar surface area (TPSA) is 175 Å². The molecule has 0 spiro atoms. The molecule has 6 atom stereocenters. The predicted molar refractivity (Wildman–Crippen MR) is 95.0 cm³/mol. The largest absolute Gasteiger partial charge is 0.396 e.